The lowest BCUT2D eigenvalue weighted by molar-refractivity contribution is -0.385. The van der Waals surface area contributed by atoms with E-state index < -0.39 is 4.92 Å². The van der Waals surface area contributed by atoms with E-state index in [0.29, 0.717) is 4.47 Å². The van der Waals surface area contributed by atoms with Crippen LogP contribution in [0.2, 0.25) is 0 Å². The first-order chi connectivity index (χ1) is 8.08. The van der Waals surface area contributed by atoms with Crippen LogP contribution in [0.1, 0.15) is 12.8 Å². The topological polar surface area (TPSA) is 85.3 Å². The van der Waals surface area contributed by atoms with Crippen molar-refractivity contribution >= 4 is 27.4 Å². The lowest BCUT2D eigenvalue weighted by atomic mass is 10.1. The second kappa shape index (κ2) is 4.97. The van der Waals surface area contributed by atoms with Crippen molar-refractivity contribution in [3.8, 4) is 0 Å². The lowest BCUT2D eigenvalue weighted by Gasteiger charge is -2.32. The molecule has 2 N–H and O–H groups in total. The van der Waals surface area contributed by atoms with Crippen LogP contribution in [-0.4, -0.2) is 29.0 Å². The van der Waals surface area contributed by atoms with Crippen LogP contribution in [0.5, 0.6) is 0 Å². The van der Waals surface area contributed by atoms with Crippen LogP contribution in [0.15, 0.2) is 16.7 Å². The zero-order valence-corrected chi connectivity index (χ0v) is 10.8. The molecule has 92 valence electrons. The molecule has 1 fully saturated rings. The summed E-state index contributed by atoms with van der Waals surface area (Å²) in [6.45, 7) is 1.63. The van der Waals surface area contributed by atoms with Gasteiger partial charge in [-0.05, 0) is 28.8 Å². The van der Waals surface area contributed by atoms with Crippen LogP contribution < -0.4 is 10.6 Å². The Bertz CT molecular complexity index is 440. The first-order valence-corrected chi connectivity index (χ1v) is 6.17. The van der Waals surface area contributed by atoms with Gasteiger partial charge >= 0.3 is 0 Å². The van der Waals surface area contributed by atoms with E-state index in [9.17, 15) is 10.1 Å². The van der Waals surface area contributed by atoms with E-state index in [4.69, 9.17) is 5.73 Å². The highest BCUT2D eigenvalue weighted by Crippen LogP contribution is 2.29. The van der Waals surface area contributed by atoms with Gasteiger partial charge in [-0.15, -0.1) is 0 Å². The van der Waals surface area contributed by atoms with Gasteiger partial charge in [0, 0.05) is 25.2 Å². The van der Waals surface area contributed by atoms with Gasteiger partial charge in [-0.2, -0.15) is 0 Å². The van der Waals surface area contributed by atoms with Gasteiger partial charge < -0.3 is 10.6 Å². The fraction of sp³-hybridized carbons (Fsp3) is 0.500. The van der Waals surface area contributed by atoms with Crippen molar-refractivity contribution in [3.05, 3.63) is 26.9 Å². The molecule has 1 aliphatic heterocycles. The molecule has 0 aromatic carbocycles. The van der Waals surface area contributed by atoms with Gasteiger partial charge in [-0.1, -0.05) is 0 Å². The summed E-state index contributed by atoms with van der Waals surface area (Å²) in [6, 6.07) is 1.62. The van der Waals surface area contributed by atoms with Crippen LogP contribution in [0.25, 0.3) is 0 Å². The third-order valence-electron chi connectivity index (χ3n) is 2.78. The Morgan fingerprint density at radius 2 is 2.41 bits per heavy atom. The molecule has 1 aromatic rings. The van der Waals surface area contributed by atoms with Crippen molar-refractivity contribution in [2.24, 2.45) is 5.73 Å². The molecule has 2 rings (SSSR count). The van der Waals surface area contributed by atoms with E-state index in [2.05, 4.69) is 25.8 Å². The monoisotopic (exact) mass is 300 g/mol. The molecule has 1 atom stereocenters. The molecular weight excluding hydrogens is 288 g/mol. The molecule has 0 unspecified atom stereocenters. The number of piperidine rings is 1. The maximum Gasteiger partial charge on any atom is 0.288 e. The zero-order valence-electron chi connectivity index (χ0n) is 9.17. The van der Waals surface area contributed by atoms with Crippen LogP contribution in [0.3, 0.4) is 0 Å². The number of hydrogen-bond acceptors (Lipinski definition) is 5. The molecule has 0 amide bonds. The van der Waals surface area contributed by atoms with Crippen molar-refractivity contribution < 1.29 is 4.92 Å². The number of hydrogen-bond donors (Lipinski definition) is 1. The van der Waals surface area contributed by atoms with Gasteiger partial charge in [0.1, 0.15) is 12.0 Å². The van der Waals surface area contributed by atoms with Gasteiger partial charge in [0.15, 0.2) is 0 Å². The van der Waals surface area contributed by atoms with E-state index in [1.165, 1.54) is 12.3 Å². The van der Waals surface area contributed by atoms with E-state index >= 15 is 0 Å². The molecule has 1 aliphatic rings. The molecule has 0 spiro atoms. The molecule has 6 nitrogen and oxygen atoms in total. The van der Waals surface area contributed by atoms with E-state index in [1.807, 2.05) is 0 Å². The maximum atomic E-state index is 10.6. The van der Waals surface area contributed by atoms with Gasteiger partial charge in [0.05, 0.1) is 9.40 Å². The predicted molar refractivity (Wildman–Crippen MR) is 68.0 cm³/mol. The SMILES string of the molecule is N[C@@H]1CCCN(c2ncc([N+](=O)[O-])cc2Br)C1. The first kappa shape index (κ1) is 12.3. The van der Waals surface area contributed by atoms with Crippen molar-refractivity contribution in [1.29, 1.82) is 0 Å². The van der Waals surface area contributed by atoms with Crippen LogP contribution >= 0.6 is 15.9 Å². The number of pyridine rings is 1. The third kappa shape index (κ3) is 2.73. The van der Waals surface area contributed by atoms with Crippen molar-refractivity contribution in [3.63, 3.8) is 0 Å². The Morgan fingerprint density at radius 3 is 3.00 bits per heavy atom. The minimum absolute atomic E-state index is 0.0121. The van der Waals surface area contributed by atoms with Crippen molar-refractivity contribution in [1.82, 2.24) is 4.98 Å². The number of aromatic nitrogens is 1. The summed E-state index contributed by atoms with van der Waals surface area (Å²) in [6.07, 6.45) is 3.31. The highest BCUT2D eigenvalue weighted by Gasteiger charge is 2.21. The molecule has 0 aliphatic carbocycles. The van der Waals surface area contributed by atoms with E-state index in [-0.39, 0.29) is 11.7 Å². The van der Waals surface area contributed by atoms with Crippen LogP contribution in [0.4, 0.5) is 11.5 Å². The second-order valence-electron chi connectivity index (χ2n) is 4.10. The number of nitrogens with two attached hydrogens (primary N) is 1. The molecule has 0 bridgehead atoms. The molecule has 7 heteroatoms. The Kier molecular flexibility index (Phi) is 3.58. The molecule has 1 saturated heterocycles. The highest BCUT2D eigenvalue weighted by molar-refractivity contribution is 9.10. The first-order valence-electron chi connectivity index (χ1n) is 5.38. The van der Waals surface area contributed by atoms with E-state index in [0.717, 1.165) is 31.7 Å². The van der Waals surface area contributed by atoms with Crippen LogP contribution in [-0.2, 0) is 0 Å². The normalized spacial score (nSPS) is 20.4. The molecule has 0 radical (unpaired) electrons. The summed E-state index contributed by atoms with van der Waals surface area (Å²) < 4.78 is 0.640. The molecular formula is C10H13BrN4O2. The number of nitro groups is 1. The zero-order chi connectivity index (χ0) is 12.4. The van der Waals surface area contributed by atoms with Crippen molar-refractivity contribution in [2.75, 3.05) is 18.0 Å². The summed E-state index contributed by atoms with van der Waals surface area (Å²) in [5.74, 6) is 0.728. The standard InChI is InChI=1S/C10H13BrN4O2/c11-9-4-8(15(16)17)5-13-10(9)14-3-1-2-7(12)6-14/h4-5,7H,1-3,6,12H2/t7-/m1/s1. The summed E-state index contributed by atoms with van der Waals surface area (Å²) in [7, 11) is 0. The molecule has 2 heterocycles. The van der Waals surface area contributed by atoms with Crippen molar-refractivity contribution in [2.45, 2.75) is 18.9 Å². The quantitative estimate of drug-likeness (QED) is 0.663. The number of anilines is 1. The molecule has 17 heavy (non-hydrogen) atoms. The summed E-state index contributed by atoms with van der Waals surface area (Å²) in [4.78, 5) is 16.3. The minimum atomic E-state index is -0.455. The smallest absolute Gasteiger partial charge is 0.288 e. The highest BCUT2D eigenvalue weighted by atomic mass is 79.9. The fourth-order valence-corrected chi connectivity index (χ4v) is 2.54. The Labute approximate surface area is 107 Å². The summed E-state index contributed by atoms with van der Waals surface area (Å²) in [5.41, 5.74) is 5.89. The second-order valence-corrected chi connectivity index (χ2v) is 4.96. The fourth-order valence-electron chi connectivity index (χ4n) is 1.96. The average Bonchev–Trinajstić information content (AvgIpc) is 2.28. The lowest BCUT2D eigenvalue weighted by Crippen LogP contribution is -2.43. The third-order valence-corrected chi connectivity index (χ3v) is 3.36. The minimum Gasteiger partial charge on any atom is -0.354 e. The number of nitrogens with zero attached hydrogens (tertiary/aromatic N) is 3. The Hall–Kier alpha value is -1.21. The number of halogens is 1. The van der Waals surface area contributed by atoms with Gasteiger partial charge in [-0.25, -0.2) is 4.98 Å². The van der Waals surface area contributed by atoms with E-state index in [1.54, 1.807) is 0 Å². The Morgan fingerprint density at radius 1 is 1.65 bits per heavy atom. The van der Waals surface area contributed by atoms with Gasteiger partial charge in [0.25, 0.3) is 5.69 Å². The summed E-state index contributed by atoms with van der Waals surface area (Å²) in [5, 5.41) is 10.6. The molecule has 0 saturated carbocycles. The van der Waals surface area contributed by atoms with Gasteiger partial charge in [0.2, 0.25) is 0 Å². The largest absolute Gasteiger partial charge is 0.354 e. The average molecular weight is 301 g/mol. The van der Waals surface area contributed by atoms with Crippen LogP contribution in [0, 0.1) is 10.1 Å². The maximum absolute atomic E-state index is 10.6. The summed E-state index contributed by atoms with van der Waals surface area (Å²) >= 11 is 3.32. The van der Waals surface area contributed by atoms with Gasteiger partial charge in [-0.3, -0.25) is 10.1 Å². The predicted octanol–water partition coefficient (Wildman–Crippen LogP) is 1.68. The molecule has 1 aromatic heterocycles. The Balaban J connectivity index is 2.23. The number of rotatable bonds is 2.